The van der Waals surface area contributed by atoms with Crippen LogP contribution in [-0.4, -0.2) is 10.2 Å². The molecule has 0 amide bonds. The van der Waals surface area contributed by atoms with Crippen LogP contribution in [0, 0.1) is 0 Å². The Hall–Kier alpha value is -2.33. The molecule has 0 aliphatic carbocycles. The van der Waals surface area contributed by atoms with Gasteiger partial charge in [0, 0.05) is 16.5 Å². The summed E-state index contributed by atoms with van der Waals surface area (Å²) in [6.45, 7) is 0. The normalized spacial score (nSPS) is 10.6. The van der Waals surface area contributed by atoms with Gasteiger partial charge in [-0.15, -0.1) is 5.10 Å². The van der Waals surface area contributed by atoms with E-state index < -0.39 is 0 Å². The fourth-order valence-corrected chi connectivity index (χ4v) is 2.05. The summed E-state index contributed by atoms with van der Waals surface area (Å²) in [5.41, 5.74) is 7.11. The molecule has 2 aromatic carbocycles. The number of halogens is 1. The fourth-order valence-electron chi connectivity index (χ4n) is 1.89. The predicted molar refractivity (Wildman–Crippen MR) is 78.7 cm³/mol. The largest absolute Gasteiger partial charge is 0.399 e. The van der Waals surface area contributed by atoms with Crippen LogP contribution < -0.4 is 11.1 Å². The van der Waals surface area contributed by atoms with Crippen molar-refractivity contribution in [3.8, 4) is 0 Å². The molecule has 0 saturated heterocycles. The van der Waals surface area contributed by atoms with Crippen LogP contribution in [0.5, 0.6) is 0 Å². The molecule has 0 bridgehead atoms. The molecule has 1 heterocycles. The fraction of sp³-hybridized carbons (Fsp3) is 0. The number of nitrogens with two attached hydrogens (primary N) is 1. The zero-order valence-corrected chi connectivity index (χ0v) is 10.7. The second-order valence-electron chi connectivity index (χ2n) is 4.14. The molecule has 0 radical (unpaired) electrons. The maximum atomic E-state index is 6.13. The van der Waals surface area contributed by atoms with E-state index in [1.807, 2.05) is 24.3 Å². The van der Waals surface area contributed by atoms with Gasteiger partial charge in [-0.25, -0.2) is 0 Å². The molecule has 0 unspecified atom stereocenters. The number of hydrogen-bond acceptors (Lipinski definition) is 4. The molecule has 4 nitrogen and oxygen atoms in total. The number of hydrogen-bond donors (Lipinski definition) is 2. The van der Waals surface area contributed by atoms with Crippen molar-refractivity contribution in [1.29, 1.82) is 0 Å². The summed E-state index contributed by atoms with van der Waals surface area (Å²) >= 11 is 6.13. The highest BCUT2D eigenvalue weighted by Gasteiger charge is 2.06. The van der Waals surface area contributed by atoms with Crippen LogP contribution in [0.25, 0.3) is 10.8 Å². The van der Waals surface area contributed by atoms with Crippen LogP contribution in [0.2, 0.25) is 5.02 Å². The molecule has 3 rings (SSSR count). The molecule has 19 heavy (non-hydrogen) atoms. The first-order valence-electron chi connectivity index (χ1n) is 5.76. The van der Waals surface area contributed by atoms with E-state index in [2.05, 4.69) is 15.5 Å². The van der Waals surface area contributed by atoms with Crippen LogP contribution in [-0.2, 0) is 0 Å². The van der Waals surface area contributed by atoms with Crippen molar-refractivity contribution in [1.82, 2.24) is 10.2 Å². The van der Waals surface area contributed by atoms with E-state index in [-0.39, 0.29) is 0 Å². The Balaban J connectivity index is 2.08. The second-order valence-corrected chi connectivity index (χ2v) is 4.55. The highest BCUT2D eigenvalue weighted by molar-refractivity contribution is 6.33. The molecule has 5 heteroatoms. The molecular weight excluding hydrogens is 260 g/mol. The topological polar surface area (TPSA) is 63.8 Å². The molecule has 3 N–H and O–H groups in total. The Morgan fingerprint density at radius 3 is 2.84 bits per heavy atom. The van der Waals surface area contributed by atoms with Crippen LogP contribution in [0.1, 0.15) is 0 Å². The van der Waals surface area contributed by atoms with Gasteiger partial charge in [0.05, 0.1) is 16.9 Å². The van der Waals surface area contributed by atoms with Crippen molar-refractivity contribution in [3.05, 3.63) is 53.7 Å². The van der Waals surface area contributed by atoms with Gasteiger partial charge in [0.15, 0.2) is 5.82 Å². The number of anilines is 3. The SMILES string of the molecule is Nc1ccc(Cl)c(Nc2nncc3ccccc23)c1. The van der Waals surface area contributed by atoms with E-state index in [1.54, 1.807) is 24.4 Å². The third-order valence-electron chi connectivity index (χ3n) is 2.81. The second kappa shape index (κ2) is 4.74. The zero-order chi connectivity index (χ0) is 13.2. The number of nitrogens with zero attached hydrogens (tertiary/aromatic N) is 2. The van der Waals surface area contributed by atoms with Gasteiger partial charge in [0.25, 0.3) is 0 Å². The average Bonchev–Trinajstić information content (AvgIpc) is 2.43. The Morgan fingerprint density at radius 1 is 1.11 bits per heavy atom. The van der Waals surface area contributed by atoms with Gasteiger partial charge in [-0.3, -0.25) is 0 Å². The van der Waals surface area contributed by atoms with Crippen LogP contribution in [0.3, 0.4) is 0 Å². The number of benzene rings is 2. The lowest BCUT2D eigenvalue weighted by atomic mass is 10.2. The monoisotopic (exact) mass is 270 g/mol. The molecule has 94 valence electrons. The zero-order valence-electron chi connectivity index (χ0n) is 9.97. The van der Waals surface area contributed by atoms with Crippen LogP contribution >= 0.6 is 11.6 Å². The summed E-state index contributed by atoms with van der Waals surface area (Å²) in [5.74, 6) is 0.658. The first kappa shape index (κ1) is 11.7. The Kier molecular flexibility index (Phi) is 2.93. The summed E-state index contributed by atoms with van der Waals surface area (Å²) in [6.07, 6.45) is 1.72. The van der Waals surface area contributed by atoms with Crippen molar-refractivity contribution in [2.24, 2.45) is 0 Å². The predicted octanol–water partition coefficient (Wildman–Crippen LogP) is 3.61. The number of rotatable bonds is 2. The summed E-state index contributed by atoms with van der Waals surface area (Å²) in [7, 11) is 0. The molecule has 0 spiro atoms. The van der Waals surface area contributed by atoms with Crippen molar-refractivity contribution in [2.45, 2.75) is 0 Å². The maximum Gasteiger partial charge on any atom is 0.161 e. The number of fused-ring (bicyclic) bond motifs is 1. The van der Waals surface area contributed by atoms with E-state index >= 15 is 0 Å². The summed E-state index contributed by atoms with van der Waals surface area (Å²) < 4.78 is 0. The van der Waals surface area contributed by atoms with E-state index in [1.165, 1.54) is 0 Å². The minimum Gasteiger partial charge on any atom is -0.399 e. The van der Waals surface area contributed by atoms with Gasteiger partial charge in [0.2, 0.25) is 0 Å². The smallest absolute Gasteiger partial charge is 0.161 e. The summed E-state index contributed by atoms with van der Waals surface area (Å²) in [4.78, 5) is 0. The lowest BCUT2D eigenvalue weighted by molar-refractivity contribution is 1.05. The van der Waals surface area contributed by atoms with E-state index in [0.29, 0.717) is 22.2 Å². The number of aromatic nitrogens is 2. The first-order chi connectivity index (χ1) is 9.24. The van der Waals surface area contributed by atoms with Gasteiger partial charge in [-0.1, -0.05) is 35.9 Å². The summed E-state index contributed by atoms with van der Waals surface area (Å²) in [5, 5.41) is 13.8. The molecule has 0 aliphatic heterocycles. The molecule has 0 atom stereocenters. The lowest BCUT2D eigenvalue weighted by Gasteiger charge is -2.10. The van der Waals surface area contributed by atoms with Gasteiger partial charge < -0.3 is 11.1 Å². The van der Waals surface area contributed by atoms with Crippen molar-refractivity contribution >= 4 is 39.6 Å². The third-order valence-corrected chi connectivity index (χ3v) is 3.14. The van der Waals surface area contributed by atoms with Crippen LogP contribution in [0.4, 0.5) is 17.2 Å². The number of nitrogen functional groups attached to an aromatic ring is 1. The highest BCUT2D eigenvalue weighted by atomic mass is 35.5. The van der Waals surface area contributed by atoms with E-state index in [4.69, 9.17) is 17.3 Å². The molecule has 0 aliphatic rings. The van der Waals surface area contributed by atoms with E-state index in [9.17, 15) is 0 Å². The quantitative estimate of drug-likeness (QED) is 0.698. The molecular formula is C14H11ClN4. The summed E-state index contributed by atoms with van der Waals surface area (Å²) in [6, 6.07) is 13.1. The first-order valence-corrected chi connectivity index (χ1v) is 6.14. The molecule has 0 saturated carbocycles. The minimum atomic E-state index is 0.587. The van der Waals surface area contributed by atoms with Crippen molar-refractivity contribution in [2.75, 3.05) is 11.1 Å². The Bertz CT molecular complexity index is 737. The van der Waals surface area contributed by atoms with Gasteiger partial charge in [0.1, 0.15) is 0 Å². The molecule has 1 aromatic heterocycles. The molecule has 3 aromatic rings. The van der Waals surface area contributed by atoms with Crippen molar-refractivity contribution in [3.63, 3.8) is 0 Å². The van der Waals surface area contributed by atoms with Gasteiger partial charge in [-0.2, -0.15) is 5.10 Å². The molecule has 0 fully saturated rings. The Labute approximate surface area is 115 Å². The standard InChI is InChI=1S/C14H11ClN4/c15-12-6-5-10(16)7-13(12)18-14-11-4-2-1-3-9(11)8-17-19-14/h1-8H,16H2,(H,18,19). The van der Waals surface area contributed by atoms with E-state index in [0.717, 1.165) is 10.8 Å². The van der Waals surface area contributed by atoms with Gasteiger partial charge in [-0.05, 0) is 18.2 Å². The average molecular weight is 271 g/mol. The Morgan fingerprint density at radius 2 is 1.95 bits per heavy atom. The van der Waals surface area contributed by atoms with Gasteiger partial charge >= 0.3 is 0 Å². The lowest BCUT2D eigenvalue weighted by Crippen LogP contribution is -1.98. The number of nitrogens with one attached hydrogen (secondary N) is 1. The highest BCUT2D eigenvalue weighted by Crippen LogP contribution is 2.29. The maximum absolute atomic E-state index is 6.13. The third kappa shape index (κ3) is 2.30. The van der Waals surface area contributed by atoms with Crippen LogP contribution in [0.15, 0.2) is 48.7 Å². The minimum absolute atomic E-state index is 0.587. The van der Waals surface area contributed by atoms with Crippen molar-refractivity contribution < 1.29 is 0 Å².